The third-order valence-electron chi connectivity index (χ3n) is 6.53. The predicted octanol–water partition coefficient (Wildman–Crippen LogP) is 6.51. The third-order valence-corrected chi connectivity index (χ3v) is 9.26. The Kier molecular flexibility index (Phi) is 6.47. The fraction of sp³-hybridized carbons (Fsp3) is 0. The van der Waals surface area contributed by atoms with Crippen LogP contribution in [0.15, 0.2) is 146 Å². The Bertz CT molecular complexity index is 1480. The van der Waals surface area contributed by atoms with Crippen LogP contribution < -0.4 is 16.3 Å². The maximum Gasteiger partial charge on any atom is 0.223 e. The maximum atomic E-state index is 15.0. The first-order chi connectivity index (χ1) is 18.7. The van der Waals surface area contributed by atoms with Gasteiger partial charge >= 0.3 is 0 Å². The molecule has 38 heavy (non-hydrogen) atoms. The van der Waals surface area contributed by atoms with E-state index in [4.69, 9.17) is 15.0 Å². The number of hydrogen-bond donors (Lipinski definition) is 0. The molecule has 0 bridgehead atoms. The maximum absolute atomic E-state index is 15.0. The Morgan fingerprint density at radius 3 is 0.868 bits per heavy atom. The summed E-state index contributed by atoms with van der Waals surface area (Å²) in [4.78, 5) is 14.1. The topological polar surface area (TPSA) is 55.7 Å². The standard InChI is InChI=1S/C33H24N3OP/c37-38(31-19-16-28(22-34-31)25-10-4-1-5-11-25,32-20-17-29(23-35-32)26-12-6-2-7-13-26)33-21-18-30(24-36-33)27-14-8-3-9-15-27/h1-24H. The van der Waals surface area contributed by atoms with Crippen LogP contribution in [-0.4, -0.2) is 15.0 Å². The van der Waals surface area contributed by atoms with Gasteiger partial charge in [-0.2, -0.15) is 0 Å². The smallest absolute Gasteiger partial charge is 0.223 e. The van der Waals surface area contributed by atoms with E-state index in [1.807, 2.05) is 127 Å². The molecule has 0 aliphatic rings. The van der Waals surface area contributed by atoms with Crippen LogP contribution in [0.4, 0.5) is 0 Å². The van der Waals surface area contributed by atoms with Gasteiger partial charge in [-0.15, -0.1) is 0 Å². The summed E-state index contributed by atoms with van der Waals surface area (Å²) in [5.41, 5.74) is 7.40. The molecular formula is C33H24N3OP. The van der Waals surface area contributed by atoms with Gasteiger partial charge in [-0.1, -0.05) is 109 Å². The van der Waals surface area contributed by atoms with Crippen molar-refractivity contribution in [2.45, 2.75) is 0 Å². The normalized spacial score (nSPS) is 11.3. The van der Waals surface area contributed by atoms with Gasteiger partial charge in [0.05, 0.1) is 0 Å². The van der Waals surface area contributed by atoms with Gasteiger partial charge in [-0.05, 0) is 34.9 Å². The van der Waals surface area contributed by atoms with Crippen LogP contribution in [0.2, 0.25) is 0 Å². The van der Waals surface area contributed by atoms with Gasteiger partial charge in [0.25, 0.3) is 0 Å². The van der Waals surface area contributed by atoms with E-state index < -0.39 is 7.14 Å². The van der Waals surface area contributed by atoms with E-state index in [-0.39, 0.29) is 0 Å². The molecular weight excluding hydrogens is 485 g/mol. The summed E-state index contributed by atoms with van der Waals surface area (Å²) in [7, 11) is -3.44. The Hall–Kier alpha value is -4.66. The molecule has 6 rings (SSSR count). The lowest BCUT2D eigenvalue weighted by Gasteiger charge is -2.18. The molecule has 0 saturated carbocycles. The molecule has 0 aliphatic carbocycles. The Morgan fingerprint density at radius 1 is 0.342 bits per heavy atom. The van der Waals surface area contributed by atoms with Crippen LogP contribution in [0.25, 0.3) is 33.4 Å². The lowest BCUT2D eigenvalue weighted by Crippen LogP contribution is -2.30. The van der Waals surface area contributed by atoms with Crippen molar-refractivity contribution in [1.29, 1.82) is 0 Å². The largest absolute Gasteiger partial charge is 0.304 e. The van der Waals surface area contributed by atoms with E-state index in [0.717, 1.165) is 33.4 Å². The highest BCUT2D eigenvalue weighted by atomic mass is 31.2. The molecule has 0 spiro atoms. The molecule has 3 heterocycles. The minimum absolute atomic E-state index is 0.456. The van der Waals surface area contributed by atoms with Gasteiger partial charge in [0, 0.05) is 35.3 Å². The van der Waals surface area contributed by atoms with Crippen molar-refractivity contribution in [3.05, 3.63) is 146 Å². The second-order valence-electron chi connectivity index (χ2n) is 8.92. The quantitative estimate of drug-likeness (QED) is 0.240. The van der Waals surface area contributed by atoms with E-state index in [1.54, 1.807) is 18.6 Å². The zero-order valence-corrected chi connectivity index (χ0v) is 21.4. The van der Waals surface area contributed by atoms with E-state index >= 15 is 0 Å². The second kappa shape index (κ2) is 10.4. The summed E-state index contributed by atoms with van der Waals surface area (Å²) in [6, 6.07) is 41.5. The monoisotopic (exact) mass is 509 g/mol. The molecule has 0 fully saturated rings. The first kappa shape index (κ1) is 23.7. The summed E-state index contributed by atoms with van der Waals surface area (Å²) in [5.74, 6) is 0. The van der Waals surface area contributed by atoms with Gasteiger partial charge in [0.1, 0.15) is 16.3 Å². The number of aromatic nitrogens is 3. The van der Waals surface area contributed by atoms with Gasteiger partial charge in [0.15, 0.2) is 0 Å². The number of hydrogen-bond acceptors (Lipinski definition) is 4. The minimum atomic E-state index is -3.44. The molecule has 182 valence electrons. The van der Waals surface area contributed by atoms with Crippen molar-refractivity contribution in [2.24, 2.45) is 0 Å². The SMILES string of the molecule is O=P(c1ccc(-c2ccccc2)cn1)(c1ccc(-c2ccccc2)cn1)c1ccc(-c2ccccc2)cn1. The molecule has 5 heteroatoms. The van der Waals surface area contributed by atoms with Crippen molar-refractivity contribution >= 4 is 23.4 Å². The molecule has 4 nitrogen and oxygen atoms in total. The van der Waals surface area contributed by atoms with Crippen LogP contribution in [0.3, 0.4) is 0 Å². The van der Waals surface area contributed by atoms with Gasteiger partial charge in [-0.25, -0.2) is 0 Å². The lowest BCUT2D eigenvalue weighted by molar-refractivity contribution is 0.591. The van der Waals surface area contributed by atoms with Crippen LogP contribution >= 0.6 is 7.14 Å². The highest BCUT2D eigenvalue weighted by Gasteiger charge is 2.34. The fourth-order valence-corrected chi connectivity index (χ4v) is 6.69. The molecule has 0 aliphatic heterocycles. The Labute approximate surface area is 222 Å². The van der Waals surface area contributed by atoms with Crippen molar-refractivity contribution in [1.82, 2.24) is 15.0 Å². The number of rotatable bonds is 6. The molecule has 0 amide bonds. The van der Waals surface area contributed by atoms with Gasteiger partial charge in [-0.3, -0.25) is 15.0 Å². The first-order valence-corrected chi connectivity index (χ1v) is 14.1. The van der Waals surface area contributed by atoms with E-state index in [1.165, 1.54) is 0 Å². The molecule has 0 atom stereocenters. The fourth-order valence-electron chi connectivity index (χ4n) is 4.47. The second-order valence-corrected chi connectivity index (χ2v) is 11.5. The van der Waals surface area contributed by atoms with Gasteiger partial charge in [0.2, 0.25) is 7.14 Å². The number of pyridine rings is 3. The van der Waals surface area contributed by atoms with Crippen molar-refractivity contribution in [3.63, 3.8) is 0 Å². The average Bonchev–Trinajstić information content (AvgIpc) is 3.02. The predicted molar refractivity (Wildman–Crippen MR) is 156 cm³/mol. The van der Waals surface area contributed by atoms with Crippen LogP contribution in [0.1, 0.15) is 0 Å². The molecule has 6 aromatic rings. The Balaban J connectivity index is 1.44. The lowest BCUT2D eigenvalue weighted by atomic mass is 10.1. The number of nitrogens with zero attached hydrogens (tertiary/aromatic N) is 3. The summed E-state index contributed by atoms with van der Waals surface area (Å²) in [6.45, 7) is 0. The summed E-state index contributed by atoms with van der Waals surface area (Å²) in [6.07, 6.45) is 5.32. The number of benzene rings is 3. The molecule has 3 aromatic carbocycles. The van der Waals surface area contributed by atoms with E-state index in [9.17, 15) is 4.57 Å². The molecule has 0 saturated heterocycles. The zero-order chi connectivity index (χ0) is 25.8. The van der Waals surface area contributed by atoms with Crippen molar-refractivity contribution in [2.75, 3.05) is 0 Å². The average molecular weight is 510 g/mol. The van der Waals surface area contributed by atoms with Crippen LogP contribution in [0.5, 0.6) is 0 Å². The van der Waals surface area contributed by atoms with Crippen LogP contribution in [0, 0.1) is 0 Å². The molecule has 0 radical (unpaired) electrons. The molecule has 0 unspecified atom stereocenters. The van der Waals surface area contributed by atoms with Crippen molar-refractivity contribution < 1.29 is 4.57 Å². The zero-order valence-electron chi connectivity index (χ0n) is 20.6. The molecule has 3 aromatic heterocycles. The summed E-state index contributed by atoms with van der Waals surface area (Å²) < 4.78 is 15.0. The Morgan fingerprint density at radius 2 is 0.632 bits per heavy atom. The summed E-state index contributed by atoms with van der Waals surface area (Å²) >= 11 is 0. The minimum Gasteiger partial charge on any atom is -0.304 e. The molecule has 0 N–H and O–H groups in total. The van der Waals surface area contributed by atoms with Crippen LogP contribution in [-0.2, 0) is 4.57 Å². The van der Waals surface area contributed by atoms with Gasteiger partial charge < -0.3 is 4.57 Å². The van der Waals surface area contributed by atoms with Crippen molar-refractivity contribution in [3.8, 4) is 33.4 Å². The highest BCUT2D eigenvalue weighted by molar-refractivity contribution is 7.84. The first-order valence-electron chi connectivity index (χ1n) is 12.4. The highest BCUT2D eigenvalue weighted by Crippen LogP contribution is 2.41. The third kappa shape index (κ3) is 4.58. The van der Waals surface area contributed by atoms with E-state index in [2.05, 4.69) is 0 Å². The van der Waals surface area contributed by atoms with E-state index in [0.29, 0.717) is 16.3 Å². The summed E-state index contributed by atoms with van der Waals surface area (Å²) in [5, 5.41) is 0.